The van der Waals surface area contributed by atoms with Gasteiger partial charge in [0.1, 0.15) is 25.0 Å². The first-order chi connectivity index (χ1) is 18.7. The monoisotopic (exact) mass is 542 g/mol. The van der Waals surface area contributed by atoms with Gasteiger partial charge in [0, 0.05) is 30.2 Å². The van der Waals surface area contributed by atoms with Crippen LogP contribution >= 0.6 is 0 Å². The van der Waals surface area contributed by atoms with E-state index in [-0.39, 0.29) is 61.8 Å². The van der Waals surface area contributed by atoms with E-state index in [1.807, 2.05) is 0 Å². The predicted molar refractivity (Wildman–Crippen MR) is 130 cm³/mol. The number of halogens is 1. The third-order valence-corrected chi connectivity index (χ3v) is 5.89. The molecule has 2 aromatic heterocycles. The van der Waals surface area contributed by atoms with E-state index in [9.17, 15) is 24.1 Å². The van der Waals surface area contributed by atoms with Crippen LogP contribution in [0.25, 0.3) is 0 Å². The van der Waals surface area contributed by atoms with Gasteiger partial charge >= 0.3 is 17.9 Å². The molecule has 0 saturated carbocycles. The Morgan fingerprint density at radius 3 is 2.87 bits per heavy atom. The van der Waals surface area contributed by atoms with Gasteiger partial charge in [-0.25, -0.2) is 14.2 Å². The van der Waals surface area contributed by atoms with E-state index in [0.717, 1.165) is 11.6 Å². The van der Waals surface area contributed by atoms with Crippen LogP contribution in [0, 0.1) is 15.9 Å². The maximum Gasteiger partial charge on any atom is 0.414 e. The quantitative estimate of drug-likeness (QED) is 0.314. The third kappa shape index (κ3) is 6.04. The van der Waals surface area contributed by atoms with Crippen molar-refractivity contribution in [3.05, 3.63) is 64.2 Å². The van der Waals surface area contributed by atoms with E-state index in [1.54, 1.807) is 12.1 Å². The second kappa shape index (κ2) is 10.9. The lowest BCUT2D eigenvalue weighted by molar-refractivity contribution is -0.389. The molecule has 1 N–H and O–H groups in total. The fraction of sp³-hybridized carbons (Fsp3) is 0.333. The van der Waals surface area contributed by atoms with Crippen molar-refractivity contribution in [1.29, 1.82) is 0 Å². The van der Waals surface area contributed by atoms with Crippen LogP contribution in [0.3, 0.4) is 0 Å². The summed E-state index contributed by atoms with van der Waals surface area (Å²) in [6.07, 6.45) is 1.30. The predicted octanol–water partition coefficient (Wildman–Crippen LogP) is 2.56. The van der Waals surface area contributed by atoms with E-state index in [1.165, 1.54) is 40.9 Å². The number of carbonyl (C=O) groups is 2. The lowest BCUT2D eigenvalue weighted by atomic mass is 10.2. The van der Waals surface area contributed by atoms with Crippen molar-refractivity contribution in [3.63, 3.8) is 0 Å². The summed E-state index contributed by atoms with van der Waals surface area (Å²) in [7, 11) is 0. The number of nitrogens with zero attached hydrogens (tertiary/aromatic N) is 5. The number of cyclic esters (lactones) is 1. The molecular weight excluding hydrogens is 519 g/mol. The zero-order valence-electron chi connectivity index (χ0n) is 20.6. The van der Waals surface area contributed by atoms with Gasteiger partial charge in [0.2, 0.25) is 11.8 Å². The largest absolute Gasteiger partial charge is 0.443 e. The maximum absolute atomic E-state index is 14.8. The molecule has 5 rings (SSSR count). The van der Waals surface area contributed by atoms with Crippen molar-refractivity contribution in [3.8, 4) is 17.6 Å². The molecule has 39 heavy (non-hydrogen) atoms. The molecule has 2 aliphatic rings. The highest BCUT2D eigenvalue weighted by atomic mass is 19.1. The van der Waals surface area contributed by atoms with Crippen LogP contribution in [-0.4, -0.2) is 63.4 Å². The molecular formula is C24H23FN6O8. The number of hydrogen-bond donors (Lipinski definition) is 1. The summed E-state index contributed by atoms with van der Waals surface area (Å²) in [6.45, 7) is 2.44. The number of carbonyl (C=O) groups excluding carboxylic acids is 2. The molecule has 0 radical (unpaired) electrons. The van der Waals surface area contributed by atoms with Crippen LogP contribution < -0.4 is 19.7 Å². The van der Waals surface area contributed by atoms with Crippen LogP contribution in [0.4, 0.5) is 20.7 Å². The number of hydrogen-bond acceptors (Lipinski definition) is 10. The molecule has 1 fully saturated rings. The topological polar surface area (TPSA) is 160 Å². The number of nitrogens with one attached hydrogen (secondary N) is 1. The molecule has 0 bridgehead atoms. The molecule has 3 aromatic rings. The minimum Gasteiger partial charge on any atom is -0.443 e. The van der Waals surface area contributed by atoms with E-state index in [4.69, 9.17) is 18.9 Å². The summed E-state index contributed by atoms with van der Waals surface area (Å²) < 4.78 is 38.3. The highest BCUT2D eigenvalue weighted by molar-refractivity contribution is 5.90. The lowest BCUT2D eigenvalue weighted by Crippen LogP contribution is -2.33. The number of ether oxygens (including phenoxy) is 4. The molecule has 0 unspecified atom stereocenters. The van der Waals surface area contributed by atoms with E-state index < -0.39 is 22.9 Å². The van der Waals surface area contributed by atoms with Crippen LogP contribution in [0.1, 0.15) is 12.5 Å². The summed E-state index contributed by atoms with van der Waals surface area (Å²) in [5.41, 5.74) is 1.02. The standard InChI is InChI=1S/C24H23FN6O8/c1-14(32)26-8-17-10-30(24(33)38-17)16-3-4-20(19(25)6-16)39-22-5-2-15(7-27-22)12-36-18-9-29-11-21(31(34)35)28-23(29)37-13-18/h2-7,11,17-18H,8-10,12-13H2,1H3,(H,26,32)/t17-,18-/m0/s1. The van der Waals surface area contributed by atoms with Crippen molar-refractivity contribution >= 4 is 23.5 Å². The number of amides is 2. The third-order valence-electron chi connectivity index (χ3n) is 5.89. The van der Waals surface area contributed by atoms with Crippen LogP contribution in [0.2, 0.25) is 0 Å². The van der Waals surface area contributed by atoms with Gasteiger partial charge in [-0.2, -0.15) is 0 Å². The minimum absolute atomic E-state index is 0.0813. The van der Waals surface area contributed by atoms with Gasteiger partial charge in [-0.1, -0.05) is 0 Å². The number of imidazole rings is 1. The summed E-state index contributed by atoms with van der Waals surface area (Å²) in [6, 6.07) is 7.51. The first kappa shape index (κ1) is 25.8. The highest BCUT2D eigenvalue weighted by Gasteiger charge is 2.33. The van der Waals surface area contributed by atoms with Crippen LogP contribution in [0.5, 0.6) is 17.6 Å². The van der Waals surface area contributed by atoms with Crippen molar-refractivity contribution in [2.24, 2.45) is 0 Å². The van der Waals surface area contributed by atoms with Gasteiger partial charge in [0.05, 0.1) is 31.9 Å². The van der Waals surface area contributed by atoms with E-state index >= 15 is 0 Å². The zero-order valence-corrected chi connectivity index (χ0v) is 20.6. The van der Waals surface area contributed by atoms with E-state index in [2.05, 4.69) is 15.3 Å². The molecule has 2 amide bonds. The molecule has 1 saturated heterocycles. The van der Waals surface area contributed by atoms with Gasteiger partial charge in [0.25, 0.3) is 0 Å². The minimum atomic E-state index is -0.698. The smallest absolute Gasteiger partial charge is 0.414 e. The molecule has 14 nitrogen and oxygen atoms in total. The first-order valence-corrected chi connectivity index (χ1v) is 11.9. The Kier molecular flexibility index (Phi) is 7.23. The molecule has 2 aliphatic heterocycles. The van der Waals surface area contributed by atoms with Crippen molar-refractivity contribution in [2.45, 2.75) is 32.3 Å². The first-order valence-electron chi connectivity index (χ1n) is 11.9. The molecule has 2 atom stereocenters. The Labute approximate surface area is 220 Å². The van der Waals surface area contributed by atoms with Crippen molar-refractivity contribution in [1.82, 2.24) is 19.9 Å². The Hall–Kier alpha value is -4.79. The Morgan fingerprint density at radius 2 is 2.15 bits per heavy atom. The Morgan fingerprint density at radius 1 is 1.31 bits per heavy atom. The highest BCUT2D eigenvalue weighted by Crippen LogP contribution is 2.30. The number of anilines is 1. The Balaban J connectivity index is 1.14. The normalized spacial score (nSPS) is 18.2. The van der Waals surface area contributed by atoms with Gasteiger partial charge in [0.15, 0.2) is 11.6 Å². The van der Waals surface area contributed by atoms with E-state index in [0.29, 0.717) is 12.2 Å². The number of rotatable bonds is 9. The SMILES string of the molecule is CC(=O)NC[C@H]1CN(c2ccc(Oc3ccc(CO[C@@H]4COc5nc([N+](=O)[O-])cn5C4)cn3)c(F)c2)C(=O)O1. The number of fused-ring (bicyclic) bond motifs is 1. The summed E-state index contributed by atoms with van der Waals surface area (Å²) in [5.74, 6) is -1.16. The van der Waals surface area contributed by atoms with Gasteiger partial charge in [-0.3, -0.25) is 14.3 Å². The number of nitro groups is 1. The second-order valence-corrected chi connectivity index (χ2v) is 8.81. The molecule has 0 spiro atoms. The van der Waals surface area contributed by atoms with Crippen LogP contribution in [0.15, 0.2) is 42.7 Å². The molecule has 15 heteroatoms. The second-order valence-electron chi connectivity index (χ2n) is 8.81. The molecule has 0 aliphatic carbocycles. The molecule has 4 heterocycles. The molecule has 204 valence electrons. The van der Waals surface area contributed by atoms with Crippen molar-refractivity contribution < 1.29 is 37.9 Å². The average molecular weight is 542 g/mol. The number of benzene rings is 1. The van der Waals surface area contributed by atoms with Gasteiger partial charge < -0.3 is 34.4 Å². The maximum atomic E-state index is 14.8. The van der Waals surface area contributed by atoms with Crippen LogP contribution in [-0.2, 0) is 27.4 Å². The average Bonchev–Trinajstić information content (AvgIpc) is 3.51. The fourth-order valence-corrected chi connectivity index (χ4v) is 3.98. The summed E-state index contributed by atoms with van der Waals surface area (Å²) >= 11 is 0. The number of aromatic nitrogens is 3. The van der Waals surface area contributed by atoms with Gasteiger partial charge in [-0.15, -0.1) is 0 Å². The Bertz CT molecular complexity index is 1400. The lowest BCUT2D eigenvalue weighted by Gasteiger charge is -2.22. The molecule has 1 aromatic carbocycles. The van der Waals surface area contributed by atoms with Gasteiger partial charge in [-0.05, 0) is 28.7 Å². The summed E-state index contributed by atoms with van der Waals surface area (Å²) in [4.78, 5) is 42.8. The van der Waals surface area contributed by atoms with Crippen molar-refractivity contribution in [2.75, 3.05) is 24.6 Å². The summed E-state index contributed by atoms with van der Waals surface area (Å²) in [5, 5.41) is 13.5. The number of pyridine rings is 1. The zero-order chi connectivity index (χ0) is 27.5. The fourth-order valence-electron chi connectivity index (χ4n) is 3.98.